The molecule has 2 aromatic carbocycles. The van der Waals surface area contributed by atoms with Crippen LogP contribution in [0.3, 0.4) is 0 Å². The Kier molecular flexibility index (Phi) is 4.88. The lowest BCUT2D eigenvalue weighted by molar-refractivity contribution is -0.123. The second-order valence-corrected chi connectivity index (χ2v) is 5.86. The number of urea groups is 1. The molecule has 1 aliphatic rings. The van der Waals surface area contributed by atoms with Gasteiger partial charge in [0.2, 0.25) is 5.91 Å². The maximum atomic E-state index is 12.8. The van der Waals surface area contributed by atoms with Crippen LogP contribution < -0.4 is 15.0 Å². The molecule has 1 atom stereocenters. The lowest BCUT2D eigenvalue weighted by atomic mass is 10.1. The predicted molar refractivity (Wildman–Crippen MR) is 97.0 cm³/mol. The van der Waals surface area contributed by atoms with E-state index >= 15 is 0 Å². The van der Waals surface area contributed by atoms with Crippen molar-refractivity contribution in [2.75, 3.05) is 30.4 Å². The Labute approximate surface area is 147 Å². The maximum Gasteiger partial charge on any atom is 0.322 e. The number of carbonyl (C=O) groups is 2. The van der Waals surface area contributed by atoms with E-state index in [1.54, 1.807) is 23.8 Å². The normalized spacial score (nSPS) is 17.4. The molecular formula is C19H21N3O3. The van der Waals surface area contributed by atoms with Crippen LogP contribution in [0.25, 0.3) is 0 Å². The van der Waals surface area contributed by atoms with Gasteiger partial charge in [-0.05, 0) is 31.2 Å². The number of anilines is 2. The van der Waals surface area contributed by atoms with Gasteiger partial charge in [-0.2, -0.15) is 0 Å². The number of rotatable bonds is 3. The van der Waals surface area contributed by atoms with Gasteiger partial charge in [-0.1, -0.05) is 24.3 Å². The summed E-state index contributed by atoms with van der Waals surface area (Å²) >= 11 is 0. The first-order valence-corrected chi connectivity index (χ1v) is 8.18. The van der Waals surface area contributed by atoms with E-state index in [-0.39, 0.29) is 11.9 Å². The standard InChI is InChI=1S/C19H21N3O3/c1-14-18(23)22(16-9-6-10-17(13-16)25-2)12-11-21(14)19(24)20-15-7-4-3-5-8-15/h3-10,13-14H,11-12H2,1-2H3,(H,20,24)/t14-/m0/s1. The van der Waals surface area contributed by atoms with Gasteiger partial charge in [0.25, 0.3) is 0 Å². The summed E-state index contributed by atoms with van der Waals surface area (Å²) in [6.45, 7) is 2.65. The number of methoxy groups -OCH3 is 1. The van der Waals surface area contributed by atoms with Crippen LogP contribution in [0.5, 0.6) is 5.75 Å². The van der Waals surface area contributed by atoms with Crippen molar-refractivity contribution in [3.8, 4) is 5.75 Å². The first kappa shape index (κ1) is 16.8. The molecule has 1 aliphatic heterocycles. The van der Waals surface area contributed by atoms with E-state index in [9.17, 15) is 9.59 Å². The number of nitrogens with one attached hydrogen (secondary N) is 1. The van der Waals surface area contributed by atoms with Crippen LogP contribution in [0, 0.1) is 0 Å². The summed E-state index contributed by atoms with van der Waals surface area (Å²) in [5.41, 5.74) is 1.49. The Morgan fingerprint density at radius 2 is 1.88 bits per heavy atom. The zero-order valence-electron chi connectivity index (χ0n) is 14.3. The van der Waals surface area contributed by atoms with Gasteiger partial charge in [0.15, 0.2) is 0 Å². The van der Waals surface area contributed by atoms with Gasteiger partial charge in [-0.25, -0.2) is 4.79 Å². The van der Waals surface area contributed by atoms with Crippen molar-refractivity contribution in [2.45, 2.75) is 13.0 Å². The molecule has 3 amide bonds. The molecule has 0 aromatic heterocycles. The number of ether oxygens (including phenoxy) is 1. The van der Waals surface area contributed by atoms with E-state index in [1.165, 1.54) is 0 Å². The quantitative estimate of drug-likeness (QED) is 0.935. The number of piperazine rings is 1. The average molecular weight is 339 g/mol. The Morgan fingerprint density at radius 1 is 1.12 bits per heavy atom. The van der Waals surface area contributed by atoms with Crippen LogP contribution in [0.4, 0.5) is 16.2 Å². The van der Waals surface area contributed by atoms with Crippen LogP contribution in [-0.4, -0.2) is 43.1 Å². The summed E-state index contributed by atoms with van der Waals surface area (Å²) in [6, 6.07) is 15.8. The number of carbonyl (C=O) groups excluding carboxylic acids is 2. The minimum Gasteiger partial charge on any atom is -0.497 e. The molecule has 0 bridgehead atoms. The summed E-state index contributed by atoms with van der Waals surface area (Å²) in [5.74, 6) is 0.588. The number of nitrogens with zero attached hydrogens (tertiary/aromatic N) is 2. The van der Waals surface area contributed by atoms with Crippen molar-refractivity contribution < 1.29 is 14.3 Å². The van der Waals surface area contributed by atoms with E-state index in [1.807, 2.05) is 54.6 Å². The summed E-state index contributed by atoms with van der Waals surface area (Å²) in [5, 5.41) is 2.83. The number of benzene rings is 2. The van der Waals surface area contributed by atoms with Gasteiger partial charge in [0.1, 0.15) is 11.8 Å². The van der Waals surface area contributed by atoms with Gasteiger partial charge in [0.05, 0.1) is 7.11 Å². The molecule has 0 saturated carbocycles. The van der Waals surface area contributed by atoms with Crippen LogP contribution in [0.15, 0.2) is 54.6 Å². The van der Waals surface area contributed by atoms with E-state index in [2.05, 4.69) is 5.32 Å². The first-order valence-electron chi connectivity index (χ1n) is 8.18. The Morgan fingerprint density at radius 3 is 2.60 bits per heavy atom. The van der Waals surface area contributed by atoms with Crippen molar-refractivity contribution in [3.05, 3.63) is 54.6 Å². The molecule has 2 aromatic rings. The summed E-state index contributed by atoms with van der Waals surface area (Å²) in [4.78, 5) is 28.5. The monoisotopic (exact) mass is 339 g/mol. The predicted octanol–water partition coefficient (Wildman–Crippen LogP) is 2.96. The molecule has 6 nitrogen and oxygen atoms in total. The lowest BCUT2D eigenvalue weighted by Gasteiger charge is -2.39. The third kappa shape index (κ3) is 3.57. The molecule has 130 valence electrons. The Balaban J connectivity index is 1.71. The second-order valence-electron chi connectivity index (χ2n) is 5.86. The van der Waals surface area contributed by atoms with Crippen molar-refractivity contribution in [2.24, 2.45) is 0 Å². The first-order chi connectivity index (χ1) is 12.1. The fourth-order valence-corrected chi connectivity index (χ4v) is 2.90. The molecule has 1 saturated heterocycles. The third-order valence-electron chi connectivity index (χ3n) is 4.31. The topological polar surface area (TPSA) is 61.9 Å². The van der Waals surface area contributed by atoms with E-state index in [4.69, 9.17) is 4.74 Å². The van der Waals surface area contributed by atoms with Crippen molar-refractivity contribution in [3.63, 3.8) is 0 Å². The average Bonchev–Trinajstić information content (AvgIpc) is 2.64. The fourth-order valence-electron chi connectivity index (χ4n) is 2.90. The summed E-state index contributed by atoms with van der Waals surface area (Å²) in [7, 11) is 1.59. The molecule has 0 unspecified atom stereocenters. The molecule has 25 heavy (non-hydrogen) atoms. The van der Waals surface area contributed by atoms with Gasteiger partial charge in [-0.3, -0.25) is 4.79 Å². The Bertz CT molecular complexity index is 764. The summed E-state index contributed by atoms with van der Waals surface area (Å²) in [6.07, 6.45) is 0. The second kappa shape index (κ2) is 7.25. The zero-order chi connectivity index (χ0) is 17.8. The van der Waals surface area contributed by atoms with Crippen LogP contribution in [0.1, 0.15) is 6.92 Å². The largest absolute Gasteiger partial charge is 0.497 e. The molecule has 0 spiro atoms. The number of para-hydroxylation sites is 1. The minimum absolute atomic E-state index is 0.109. The van der Waals surface area contributed by atoms with Gasteiger partial charge < -0.3 is 19.9 Å². The Hall–Kier alpha value is -3.02. The maximum absolute atomic E-state index is 12.8. The third-order valence-corrected chi connectivity index (χ3v) is 4.31. The van der Waals surface area contributed by atoms with Crippen LogP contribution in [0.2, 0.25) is 0 Å². The van der Waals surface area contributed by atoms with Gasteiger partial charge in [-0.15, -0.1) is 0 Å². The highest BCUT2D eigenvalue weighted by Crippen LogP contribution is 2.24. The molecule has 6 heteroatoms. The van der Waals surface area contributed by atoms with Crippen molar-refractivity contribution >= 4 is 23.3 Å². The lowest BCUT2D eigenvalue weighted by Crippen LogP contribution is -2.58. The number of amides is 3. The highest BCUT2D eigenvalue weighted by atomic mass is 16.5. The molecule has 1 heterocycles. The van der Waals surface area contributed by atoms with Crippen LogP contribution in [-0.2, 0) is 4.79 Å². The fraction of sp³-hybridized carbons (Fsp3) is 0.263. The summed E-state index contributed by atoms with van der Waals surface area (Å²) < 4.78 is 5.22. The molecule has 3 rings (SSSR count). The van der Waals surface area contributed by atoms with Crippen molar-refractivity contribution in [1.29, 1.82) is 0 Å². The minimum atomic E-state index is -0.538. The van der Waals surface area contributed by atoms with Gasteiger partial charge in [0, 0.05) is 30.5 Å². The molecule has 1 fully saturated rings. The van der Waals surface area contributed by atoms with Crippen molar-refractivity contribution in [1.82, 2.24) is 4.90 Å². The molecule has 1 N–H and O–H groups in total. The SMILES string of the molecule is COc1cccc(N2CCN(C(=O)Nc3ccccc3)[C@@H](C)C2=O)c1. The van der Waals surface area contributed by atoms with Gasteiger partial charge >= 0.3 is 6.03 Å². The number of hydrogen-bond donors (Lipinski definition) is 1. The van der Waals surface area contributed by atoms with E-state index in [0.29, 0.717) is 24.5 Å². The molecular weight excluding hydrogens is 318 g/mol. The number of hydrogen-bond acceptors (Lipinski definition) is 3. The van der Waals surface area contributed by atoms with Crippen LogP contribution >= 0.6 is 0 Å². The highest BCUT2D eigenvalue weighted by Gasteiger charge is 2.35. The van der Waals surface area contributed by atoms with E-state index in [0.717, 1.165) is 5.69 Å². The molecule has 0 radical (unpaired) electrons. The van der Waals surface area contributed by atoms with E-state index < -0.39 is 6.04 Å². The smallest absolute Gasteiger partial charge is 0.322 e. The zero-order valence-corrected chi connectivity index (χ0v) is 14.3. The molecule has 0 aliphatic carbocycles. The highest BCUT2D eigenvalue weighted by molar-refractivity contribution is 6.01.